The van der Waals surface area contributed by atoms with Gasteiger partial charge in [-0.1, -0.05) is 12.1 Å². The number of halogens is 2. The Morgan fingerprint density at radius 2 is 2.06 bits per heavy atom. The molecule has 0 fully saturated rings. The Morgan fingerprint density at radius 3 is 2.75 bits per heavy atom. The second-order valence-corrected chi connectivity index (χ2v) is 3.42. The van der Waals surface area contributed by atoms with Crippen LogP contribution in [-0.2, 0) is 13.1 Å². The first-order chi connectivity index (χ1) is 7.70. The van der Waals surface area contributed by atoms with Gasteiger partial charge in [-0.3, -0.25) is 4.68 Å². The number of nitrogens with two attached hydrogens (primary N) is 1. The standard InChI is InChI=1S/C11H11F2N3/c12-10-3-1-2-8(11(10)13)7-16-5-4-9(6-14)15-16/h1-5H,6-7,14H2. The maximum atomic E-state index is 13.3. The van der Waals surface area contributed by atoms with Gasteiger partial charge in [0.25, 0.3) is 0 Å². The fourth-order valence-electron chi connectivity index (χ4n) is 1.45. The molecular weight excluding hydrogens is 212 g/mol. The van der Waals surface area contributed by atoms with Gasteiger partial charge in [0.2, 0.25) is 0 Å². The summed E-state index contributed by atoms with van der Waals surface area (Å²) in [6.07, 6.45) is 1.69. The van der Waals surface area contributed by atoms with Gasteiger partial charge in [-0.2, -0.15) is 5.10 Å². The summed E-state index contributed by atoms with van der Waals surface area (Å²) in [4.78, 5) is 0. The number of hydrogen-bond donors (Lipinski definition) is 1. The maximum Gasteiger partial charge on any atom is 0.163 e. The Morgan fingerprint density at radius 1 is 1.25 bits per heavy atom. The van der Waals surface area contributed by atoms with E-state index < -0.39 is 11.6 Å². The largest absolute Gasteiger partial charge is 0.325 e. The average Bonchev–Trinajstić information content (AvgIpc) is 2.73. The number of rotatable bonds is 3. The summed E-state index contributed by atoms with van der Waals surface area (Å²) in [5, 5.41) is 4.10. The molecule has 1 heterocycles. The summed E-state index contributed by atoms with van der Waals surface area (Å²) in [5.41, 5.74) is 6.39. The van der Waals surface area contributed by atoms with Crippen molar-refractivity contribution in [1.29, 1.82) is 0 Å². The van der Waals surface area contributed by atoms with E-state index in [4.69, 9.17) is 5.73 Å². The number of benzene rings is 1. The first-order valence-corrected chi connectivity index (χ1v) is 4.86. The third kappa shape index (κ3) is 2.09. The molecule has 3 nitrogen and oxygen atoms in total. The Kier molecular flexibility index (Phi) is 2.96. The number of nitrogens with zero attached hydrogens (tertiary/aromatic N) is 2. The molecule has 0 aliphatic heterocycles. The quantitative estimate of drug-likeness (QED) is 0.860. The van der Waals surface area contributed by atoms with Crippen molar-refractivity contribution in [2.75, 3.05) is 0 Å². The van der Waals surface area contributed by atoms with Crippen molar-refractivity contribution in [3.8, 4) is 0 Å². The minimum atomic E-state index is -0.844. The second kappa shape index (κ2) is 4.40. The van der Waals surface area contributed by atoms with Crippen LogP contribution >= 0.6 is 0 Å². The third-order valence-corrected chi connectivity index (χ3v) is 2.27. The highest BCUT2D eigenvalue weighted by Crippen LogP contribution is 2.12. The van der Waals surface area contributed by atoms with Crippen LogP contribution in [0.3, 0.4) is 0 Å². The predicted molar refractivity (Wildman–Crippen MR) is 55.6 cm³/mol. The zero-order valence-electron chi connectivity index (χ0n) is 8.53. The normalized spacial score (nSPS) is 10.7. The molecule has 2 aromatic rings. The lowest BCUT2D eigenvalue weighted by atomic mass is 10.2. The van der Waals surface area contributed by atoms with E-state index in [0.29, 0.717) is 6.54 Å². The van der Waals surface area contributed by atoms with Gasteiger partial charge in [0.1, 0.15) is 0 Å². The van der Waals surface area contributed by atoms with E-state index in [1.807, 2.05) is 0 Å². The Labute approximate surface area is 91.5 Å². The molecule has 16 heavy (non-hydrogen) atoms. The minimum absolute atomic E-state index is 0.198. The highest BCUT2D eigenvalue weighted by molar-refractivity contribution is 5.19. The summed E-state index contributed by atoms with van der Waals surface area (Å²) in [7, 11) is 0. The lowest BCUT2D eigenvalue weighted by Gasteiger charge is -2.03. The van der Waals surface area contributed by atoms with E-state index in [9.17, 15) is 8.78 Å². The van der Waals surface area contributed by atoms with Gasteiger partial charge in [-0.05, 0) is 12.1 Å². The Balaban J connectivity index is 2.23. The van der Waals surface area contributed by atoms with Crippen molar-refractivity contribution in [3.63, 3.8) is 0 Å². The maximum absolute atomic E-state index is 13.3. The molecule has 84 valence electrons. The van der Waals surface area contributed by atoms with Crippen molar-refractivity contribution in [2.45, 2.75) is 13.1 Å². The molecule has 0 amide bonds. The lowest BCUT2D eigenvalue weighted by Crippen LogP contribution is -2.05. The molecule has 0 saturated heterocycles. The van der Waals surface area contributed by atoms with Gasteiger partial charge in [-0.25, -0.2) is 8.78 Å². The number of aromatic nitrogens is 2. The van der Waals surface area contributed by atoms with Crippen LogP contribution in [0.2, 0.25) is 0 Å². The van der Waals surface area contributed by atoms with E-state index in [2.05, 4.69) is 5.10 Å². The van der Waals surface area contributed by atoms with Crippen LogP contribution in [0.1, 0.15) is 11.3 Å². The first kappa shape index (κ1) is 10.8. The molecule has 1 aromatic carbocycles. The molecule has 0 atom stereocenters. The summed E-state index contributed by atoms with van der Waals surface area (Å²) in [6.45, 7) is 0.530. The van der Waals surface area contributed by atoms with Crippen LogP contribution in [0.5, 0.6) is 0 Å². The van der Waals surface area contributed by atoms with Gasteiger partial charge in [0.05, 0.1) is 12.2 Å². The molecule has 0 aliphatic rings. The van der Waals surface area contributed by atoms with E-state index in [1.54, 1.807) is 12.3 Å². The van der Waals surface area contributed by atoms with Crippen molar-refractivity contribution in [2.24, 2.45) is 5.73 Å². The van der Waals surface area contributed by atoms with Crippen LogP contribution in [-0.4, -0.2) is 9.78 Å². The molecule has 0 aliphatic carbocycles. The van der Waals surface area contributed by atoms with Crippen molar-refractivity contribution < 1.29 is 8.78 Å². The fraction of sp³-hybridized carbons (Fsp3) is 0.182. The van der Waals surface area contributed by atoms with Gasteiger partial charge < -0.3 is 5.73 Å². The summed E-state index contributed by atoms with van der Waals surface area (Å²) in [6, 6.07) is 5.84. The van der Waals surface area contributed by atoms with Crippen molar-refractivity contribution in [1.82, 2.24) is 9.78 Å². The Hall–Kier alpha value is -1.75. The van der Waals surface area contributed by atoms with Gasteiger partial charge in [0, 0.05) is 18.3 Å². The van der Waals surface area contributed by atoms with E-state index in [0.717, 1.165) is 11.8 Å². The molecule has 0 saturated carbocycles. The Bertz CT molecular complexity index is 494. The fourth-order valence-corrected chi connectivity index (χ4v) is 1.45. The minimum Gasteiger partial charge on any atom is -0.325 e. The number of hydrogen-bond acceptors (Lipinski definition) is 2. The summed E-state index contributed by atoms with van der Waals surface area (Å²) < 4.78 is 27.8. The van der Waals surface area contributed by atoms with Crippen LogP contribution in [0.4, 0.5) is 8.78 Å². The van der Waals surface area contributed by atoms with Crippen LogP contribution < -0.4 is 5.73 Å². The van der Waals surface area contributed by atoms with E-state index >= 15 is 0 Å². The summed E-state index contributed by atoms with van der Waals surface area (Å²) >= 11 is 0. The van der Waals surface area contributed by atoms with Crippen LogP contribution in [0, 0.1) is 11.6 Å². The van der Waals surface area contributed by atoms with Crippen LogP contribution in [0.15, 0.2) is 30.5 Å². The monoisotopic (exact) mass is 223 g/mol. The average molecular weight is 223 g/mol. The predicted octanol–water partition coefficient (Wildman–Crippen LogP) is 1.67. The van der Waals surface area contributed by atoms with Gasteiger partial charge in [0.15, 0.2) is 11.6 Å². The molecule has 5 heteroatoms. The van der Waals surface area contributed by atoms with E-state index in [1.165, 1.54) is 16.8 Å². The zero-order chi connectivity index (χ0) is 11.5. The molecule has 2 rings (SSSR count). The SMILES string of the molecule is NCc1ccn(Cc2cccc(F)c2F)n1. The molecular formula is C11H11F2N3. The lowest BCUT2D eigenvalue weighted by molar-refractivity contribution is 0.491. The smallest absolute Gasteiger partial charge is 0.163 e. The molecule has 0 spiro atoms. The third-order valence-electron chi connectivity index (χ3n) is 2.27. The second-order valence-electron chi connectivity index (χ2n) is 3.42. The zero-order valence-corrected chi connectivity index (χ0v) is 8.53. The molecule has 0 radical (unpaired) electrons. The van der Waals surface area contributed by atoms with Crippen molar-refractivity contribution >= 4 is 0 Å². The summed E-state index contributed by atoms with van der Waals surface area (Å²) in [5.74, 6) is -1.67. The molecule has 0 bridgehead atoms. The molecule has 2 N–H and O–H groups in total. The van der Waals surface area contributed by atoms with Gasteiger partial charge in [-0.15, -0.1) is 0 Å². The highest BCUT2D eigenvalue weighted by atomic mass is 19.2. The molecule has 1 aromatic heterocycles. The van der Waals surface area contributed by atoms with Crippen LogP contribution in [0.25, 0.3) is 0 Å². The van der Waals surface area contributed by atoms with E-state index in [-0.39, 0.29) is 12.1 Å². The highest BCUT2D eigenvalue weighted by Gasteiger charge is 2.08. The topological polar surface area (TPSA) is 43.8 Å². The first-order valence-electron chi connectivity index (χ1n) is 4.86. The molecule has 0 unspecified atom stereocenters. The van der Waals surface area contributed by atoms with Crippen molar-refractivity contribution in [3.05, 3.63) is 53.4 Å². The van der Waals surface area contributed by atoms with Gasteiger partial charge >= 0.3 is 0 Å².